The SMILES string of the molecule is CCOc1cc(/C=C2/C(=O)NC(=S)N(c3ccccc3)C2=O)ccc1OCC(=O)Nc1ccccc1C. The van der Waals surface area contributed by atoms with Crippen LogP contribution in [0.5, 0.6) is 11.5 Å². The van der Waals surface area contributed by atoms with Gasteiger partial charge in [-0.15, -0.1) is 0 Å². The van der Waals surface area contributed by atoms with Gasteiger partial charge in [0.2, 0.25) is 0 Å². The Morgan fingerprint density at radius 2 is 1.73 bits per heavy atom. The van der Waals surface area contributed by atoms with Crippen LogP contribution in [-0.2, 0) is 14.4 Å². The van der Waals surface area contributed by atoms with Crippen molar-refractivity contribution in [3.05, 3.63) is 89.5 Å². The van der Waals surface area contributed by atoms with E-state index < -0.39 is 11.8 Å². The molecule has 1 heterocycles. The van der Waals surface area contributed by atoms with Gasteiger partial charge in [-0.3, -0.25) is 24.6 Å². The number of aryl methyl sites for hydroxylation is 1. The van der Waals surface area contributed by atoms with Crippen LogP contribution in [0.2, 0.25) is 0 Å². The summed E-state index contributed by atoms with van der Waals surface area (Å²) in [6, 6.07) is 21.2. The second-order valence-electron chi connectivity index (χ2n) is 8.08. The highest BCUT2D eigenvalue weighted by atomic mass is 32.1. The Kier molecular flexibility index (Phi) is 7.95. The molecule has 0 unspecified atom stereocenters. The molecule has 0 aliphatic carbocycles. The number of anilines is 2. The molecular weight excluding hydrogens is 490 g/mol. The minimum atomic E-state index is -0.589. The van der Waals surface area contributed by atoms with Crippen molar-refractivity contribution in [2.45, 2.75) is 13.8 Å². The number of nitrogens with zero attached hydrogens (tertiary/aromatic N) is 1. The molecule has 1 fully saturated rings. The summed E-state index contributed by atoms with van der Waals surface area (Å²) in [5, 5.41) is 5.40. The van der Waals surface area contributed by atoms with Crippen molar-refractivity contribution in [3.8, 4) is 11.5 Å². The van der Waals surface area contributed by atoms with Crippen LogP contribution in [0.4, 0.5) is 11.4 Å². The van der Waals surface area contributed by atoms with Crippen LogP contribution in [-0.4, -0.2) is 36.0 Å². The van der Waals surface area contributed by atoms with Crippen LogP contribution in [0.3, 0.4) is 0 Å². The predicted octanol–water partition coefficient (Wildman–Crippen LogP) is 4.24. The van der Waals surface area contributed by atoms with Crippen LogP contribution in [0.1, 0.15) is 18.1 Å². The number of hydrogen-bond acceptors (Lipinski definition) is 6. The average Bonchev–Trinajstić information content (AvgIpc) is 2.88. The fraction of sp³-hybridized carbons (Fsp3) is 0.143. The molecule has 1 aliphatic heterocycles. The predicted molar refractivity (Wildman–Crippen MR) is 146 cm³/mol. The number of benzene rings is 3. The smallest absolute Gasteiger partial charge is 0.270 e. The summed E-state index contributed by atoms with van der Waals surface area (Å²) in [7, 11) is 0. The number of para-hydroxylation sites is 2. The van der Waals surface area contributed by atoms with E-state index in [0.29, 0.717) is 35.0 Å². The molecule has 0 bridgehead atoms. The Morgan fingerprint density at radius 1 is 1.00 bits per heavy atom. The van der Waals surface area contributed by atoms with Crippen molar-refractivity contribution >= 4 is 52.5 Å². The van der Waals surface area contributed by atoms with Crippen molar-refractivity contribution in [1.82, 2.24) is 5.32 Å². The van der Waals surface area contributed by atoms with Gasteiger partial charge in [0.15, 0.2) is 23.2 Å². The summed E-state index contributed by atoms with van der Waals surface area (Å²) in [5.74, 6) is -0.709. The van der Waals surface area contributed by atoms with E-state index in [1.165, 1.54) is 11.0 Å². The lowest BCUT2D eigenvalue weighted by molar-refractivity contribution is -0.122. The second-order valence-corrected chi connectivity index (χ2v) is 8.47. The minimum absolute atomic E-state index is 0.0149. The van der Waals surface area contributed by atoms with Gasteiger partial charge in [-0.2, -0.15) is 0 Å². The Balaban J connectivity index is 1.53. The highest BCUT2D eigenvalue weighted by molar-refractivity contribution is 7.80. The Hall–Kier alpha value is -4.50. The van der Waals surface area contributed by atoms with Gasteiger partial charge in [-0.25, -0.2) is 0 Å². The number of thiocarbonyl (C=S) groups is 1. The molecule has 0 spiro atoms. The summed E-state index contributed by atoms with van der Waals surface area (Å²) in [4.78, 5) is 39.5. The lowest BCUT2D eigenvalue weighted by atomic mass is 10.1. The van der Waals surface area contributed by atoms with Gasteiger partial charge in [0.1, 0.15) is 5.57 Å². The van der Waals surface area contributed by atoms with E-state index in [1.807, 2.05) is 44.2 Å². The molecule has 37 heavy (non-hydrogen) atoms. The van der Waals surface area contributed by atoms with Gasteiger partial charge in [0.05, 0.1) is 12.3 Å². The van der Waals surface area contributed by atoms with Gasteiger partial charge in [-0.05, 0) is 73.6 Å². The molecule has 188 valence electrons. The number of ether oxygens (including phenoxy) is 2. The molecule has 8 nitrogen and oxygen atoms in total. The zero-order chi connectivity index (χ0) is 26.4. The first-order valence-electron chi connectivity index (χ1n) is 11.6. The maximum absolute atomic E-state index is 13.2. The first-order chi connectivity index (χ1) is 17.9. The Labute approximate surface area is 219 Å². The Morgan fingerprint density at radius 3 is 2.46 bits per heavy atom. The quantitative estimate of drug-likeness (QED) is 0.265. The normalized spacial score (nSPS) is 14.4. The molecule has 0 saturated carbocycles. The van der Waals surface area contributed by atoms with Gasteiger partial charge in [0, 0.05) is 5.69 Å². The van der Waals surface area contributed by atoms with Crippen molar-refractivity contribution in [2.24, 2.45) is 0 Å². The molecule has 1 aliphatic rings. The molecular formula is C28H25N3O5S. The minimum Gasteiger partial charge on any atom is -0.490 e. The molecule has 9 heteroatoms. The molecule has 3 amide bonds. The van der Waals surface area contributed by atoms with E-state index in [4.69, 9.17) is 21.7 Å². The molecule has 0 radical (unpaired) electrons. The molecule has 3 aromatic carbocycles. The van der Waals surface area contributed by atoms with E-state index in [2.05, 4.69) is 10.6 Å². The molecule has 2 N–H and O–H groups in total. The van der Waals surface area contributed by atoms with Gasteiger partial charge < -0.3 is 14.8 Å². The van der Waals surface area contributed by atoms with Crippen molar-refractivity contribution in [2.75, 3.05) is 23.4 Å². The molecule has 4 rings (SSSR count). The maximum atomic E-state index is 13.2. The van der Waals surface area contributed by atoms with Crippen molar-refractivity contribution in [3.63, 3.8) is 0 Å². The van der Waals surface area contributed by atoms with Crippen LogP contribution in [0, 0.1) is 6.92 Å². The van der Waals surface area contributed by atoms with Gasteiger partial charge in [-0.1, -0.05) is 42.5 Å². The van der Waals surface area contributed by atoms with Crippen molar-refractivity contribution < 1.29 is 23.9 Å². The van der Waals surface area contributed by atoms with Crippen LogP contribution < -0.4 is 25.0 Å². The van der Waals surface area contributed by atoms with E-state index in [-0.39, 0.29) is 23.2 Å². The number of rotatable bonds is 8. The van der Waals surface area contributed by atoms with Crippen LogP contribution >= 0.6 is 12.2 Å². The summed E-state index contributed by atoms with van der Waals surface area (Å²) in [6.45, 7) is 3.85. The molecule has 3 aromatic rings. The lowest BCUT2D eigenvalue weighted by Crippen LogP contribution is -2.54. The summed E-state index contributed by atoms with van der Waals surface area (Å²) < 4.78 is 11.4. The number of hydrogen-bond donors (Lipinski definition) is 2. The first-order valence-corrected chi connectivity index (χ1v) is 12.0. The van der Waals surface area contributed by atoms with Crippen LogP contribution in [0.15, 0.2) is 78.4 Å². The lowest BCUT2D eigenvalue weighted by Gasteiger charge is -2.28. The zero-order valence-electron chi connectivity index (χ0n) is 20.3. The third-order valence-electron chi connectivity index (χ3n) is 5.47. The first kappa shape index (κ1) is 25.6. The highest BCUT2D eigenvalue weighted by Crippen LogP contribution is 2.30. The van der Waals surface area contributed by atoms with Crippen molar-refractivity contribution in [1.29, 1.82) is 0 Å². The summed E-state index contributed by atoms with van der Waals surface area (Å²) >= 11 is 5.23. The summed E-state index contributed by atoms with van der Waals surface area (Å²) in [5.41, 5.74) is 2.66. The monoisotopic (exact) mass is 515 g/mol. The number of carbonyl (C=O) groups excluding carboxylic acids is 3. The second kappa shape index (κ2) is 11.5. The largest absolute Gasteiger partial charge is 0.490 e. The third kappa shape index (κ3) is 6.02. The van der Waals surface area contributed by atoms with E-state index in [9.17, 15) is 14.4 Å². The fourth-order valence-electron chi connectivity index (χ4n) is 3.68. The highest BCUT2D eigenvalue weighted by Gasteiger charge is 2.34. The number of nitrogens with one attached hydrogen (secondary N) is 2. The molecule has 0 aromatic heterocycles. The van der Waals surface area contributed by atoms with E-state index in [1.54, 1.807) is 42.5 Å². The fourth-order valence-corrected chi connectivity index (χ4v) is 3.96. The Bertz CT molecular complexity index is 1390. The van der Waals surface area contributed by atoms with Gasteiger partial charge in [0.25, 0.3) is 17.7 Å². The maximum Gasteiger partial charge on any atom is 0.270 e. The molecule has 0 atom stereocenters. The standard InChI is InChI=1S/C28H25N3O5S/c1-3-35-24-16-19(13-14-23(24)36-17-25(32)29-22-12-8-7-9-18(22)2)15-21-26(33)30-28(37)31(27(21)34)20-10-5-4-6-11-20/h4-16H,3,17H2,1-2H3,(H,29,32)(H,30,33,37)/b21-15-. The molecule has 1 saturated heterocycles. The number of amides is 3. The summed E-state index contributed by atoms with van der Waals surface area (Å²) in [6.07, 6.45) is 1.46. The van der Waals surface area contributed by atoms with E-state index in [0.717, 1.165) is 5.56 Å². The third-order valence-corrected chi connectivity index (χ3v) is 5.76. The topological polar surface area (TPSA) is 97.0 Å². The number of carbonyl (C=O) groups is 3. The van der Waals surface area contributed by atoms with E-state index >= 15 is 0 Å². The van der Waals surface area contributed by atoms with Gasteiger partial charge >= 0.3 is 0 Å². The average molecular weight is 516 g/mol. The zero-order valence-corrected chi connectivity index (χ0v) is 21.1. The van der Waals surface area contributed by atoms with Crippen LogP contribution in [0.25, 0.3) is 6.08 Å².